The molecule has 7 heteroatoms. The van der Waals surface area contributed by atoms with Gasteiger partial charge in [0, 0.05) is 17.6 Å². The van der Waals surface area contributed by atoms with E-state index in [-0.39, 0.29) is 29.2 Å². The summed E-state index contributed by atoms with van der Waals surface area (Å²) in [7, 11) is 1.22. The molecule has 6 nitrogen and oxygen atoms in total. The first-order valence-corrected chi connectivity index (χ1v) is 5.80. The van der Waals surface area contributed by atoms with E-state index in [1.54, 1.807) is 0 Å². The van der Waals surface area contributed by atoms with Gasteiger partial charge in [0.1, 0.15) is 17.5 Å². The summed E-state index contributed by atoms with van der Waals surface area (Å²) in [6.45, 7) is 0. The molecule has 1 aromatic rings. The third kappa shape index (κ3) is 3.32. The normalized spacial score (nSPS) is 14.0. The van der Waals surface area contributed by atoms with Crippen molar-refractivity contribution in [2.75, 3.05) is 18.7 Å². The third-order valence-electron chi connectivity index (χ3n) is 2.46. The van der Waals surface area contributed by atoms with Gasteiger partial charge in [-0.15, -0.1) is 11.6 Å². The molecule has 0 bridgehead atoms. The Hall–Kier alpha value is -1.37. The quantitative estimate of drug-likeness (QED) is 0.532. The van der Waals surface area contributed by atoms with Crippen LogP contribution in [0.5, 0.6) is 0 Å². The Morgan fingerprint density at radius 2 is 2.28 bits per heavy atom. The summed E-state index contributed by atoms with van der Waals surface area (Å²) in [5, 5.41) is 19.5. The molecule has 0 amide bonds. The number of carbonyl (C=O) groups is 1. The summed E-state index contributed by atoms with van der Waals surface area (Å²) in [6, 6.07) is 1.34. The number of nitrogens with zero attached hydrogens (tertiary/aromatic N) is 1. The van der Waals surface area contributed by atoms with E-state index in [0.717, 1.165) is 0 Å². The molecule has 18 heavy (non-hydrogen) atoms. The lowest BCUT2D eigenvalue weighted by Crippen LogP contribution is -2.20. The number of esters is 1. The Balaban J connectivity index is 3.00. The van der Waals surface area contributed by atoms with Crippen LogP contribution in [-0.4, -0.2) is 40.3 Å². The number of ether oxygens (including phenoxy) is 1. The van der Waals surface area contributed by atoms with Crippen molar-refractivity contribution in [1.29, 1.82) is 0 Å². The van der Waals surface area contributed by atoms with Gasteiger partial charge in [0.15, 0.2) is 0 Å². The Morgan fingerprint density at radius 1 is 1.61 bits per heavy atom. The van der Waals surface area contributed by atoms with Crippen LogP contribution in [0.2, 0.25) is 0 Å². The van der Waals surface area contributed by atoms with Crippen LogP contribution in [0.4, 0.5) is 5.82 Å². The zero-order chi connectivity index (χ0) is 13.7. The largest absolute Gasteiger partial charge is 0.465 e. The number of hydrogen-bond acceptors (Lipinski definition) is 6. The predicted molar refractivity (Wildman–Crippen MR) is 66.3 cm³/mol. The van der Waals surface area contributed by atoms with E-state index in [1.165, 1.54) is 19.4 Å². The van der Waals surface area contributed by atoms with Crippen LogP contribution >= 0.6 is 11.6 Å². The maximum atomic E-state index is 11.4. The minimum Gasteiger partial charge on any atom is -0.465 e. The number of nitrogens with two attached hydrogens (primary N) is 1. The Kier molecular flexibility index (Phi) is 5.33. The summed E-state index contributed by atoms with van der Waals surface area (Å²) in [4.78, 5) is 15.2. The molecule has 0 saturated carbocycles. The van der Waals surface area contributed by atoms with Gasteiger partial charge in [-0.05, 0) is 12.5 Å². The van der Waals surface area contributed by atoms with Gasteiger partial charge in [0.25, 0.3) is 0 Å². The molecule has 1 rings (SSSR count). The fraction of sp³-hybridized carbons (Fsp3) is 0.455. The van der Waals surface area contributed by atoms with Crippen LogP contribution in [0.1, 0.15) is 28.4 Å². The molecule has 0 aliphatic carbocycles. The van der Waals surface area contributed by atoms with Crippen molar-refractivity contribution in [1.82, 2.24) is 4.98 Å². The number of aliphatic hydroxyl groups is 2. The smallest absolute Gasteiger partial charge is 0.341 e. The maximum Gasteiger partial charge on any atom is 0.341 e. The second kappa shape index (κ2) is 6.53. The molecule has 0 fully saturated rings. The average molecular weight is 275 g/mol. The molecule has 1 aromatic heterocycles. The summed E-state index contributed by atoms with van der Waals surface area (Å²) >= 11 is 5.48. The van der Waals surface area contributed by atoms with Crippen LogP contribution in [-0.2, 0) is 4.74 Å². The lowest BCUT2D eigenvalue weighted by atomic mass is 10.0. The van der Waals surface area contributed by atoms with Gasteiger partial charge in [-0.25, -0.2) is 9.78 Å². The van der Waals surface area contributed by atoms with E-state index in [9.17, 15) is 15.0 Å². The number of rotatable bonds is 5. The molecule has 2 atom stereocenters. The maximum absolute atomic E-state index is 11.4. The van der Waals surface area contributed by atoms with Crippen molar-refractivity contribution in [2.24, 2.45) is 0 Å². The first-order chi connectivity index (χ1) is 8.51. The number of alkyl halides is 1. The highest BCUT2D eigenvalue weighted by Crippen LogP contribution is 2.22. The molecule has 2 unspecified atom stereocenters. The van der Waals surface area contributed by atoms with Crippen LogP contribution in [0, 0.1) is 0 Å². The minimum absolute atomic E-state index is 0.00429. The fourth-order valence-corrected chi connectivity index (χ4v) is 1.64. The van der Waals surface area contributed by atoms with Crippen LogP contribution in [0.25, 0.3) is 0 Å². The molecule has 100 valence electrons. The zero-order valence-corrected chi connectivity index (χ0v) is 10.6. The highest BCUT2D eigenvalue weighted by Gasteiger charge is 2.21. The highest BCUT2D eigenvalue weighted by atomic mass is 35.5. The van der Waals surface area contributed by atoms with Gasteiger partial charge >= 0.3 is 5.97 Å². The standard InChI is InChI=1S/C11H15ClN2O4/c1-18-11(17)7-4-6(5-14-10(7)13)9(16)8(15)2-3-12/h4-5,8-9,15-16H,2-3H2,1H3,(H2,13,14). The Labute approximate surface area is 109 Å². The predicted octanol–water partition coefficient (Wildman–Crippen LogP) is 0.474. The zero-order valence-electron chi connectivity index (χ0n) is 9.84. The number of nitrogen functional groups attached to an aromatic ring is 1. The molecule has 0 spiro atoms. The first kappa shape index (κ1) is 14.7. The lowest BCUT2D eigenvalue weighted by Gasteiger charge is -2.17. The third-order valence-corrected chi connectivity index (χ3v) is 2.67. The number of methoxy groups -OCH3 is 1. The number of pyridine rings is 1. The molecule has 0 aromatic carbocycles. The number of anilines is 1. The Morgan fingerprint density at radius 3 is 2.83 bits per heavy atom. The van der Waals surface area contributed by atoms with Crippen LogP contribution < -0.4 is 5.73 Å². The van der Waals surface area contributed by atoms with Crippen molar-refractivity contribution in [3.05, 3.63) is 23.4 Å². The van der Waals surface area contributed by atoms with Crippen molar-refractivity contribution < 1.29 is 19.7 Å². The summed E-state index contributed by atoms with van der Waals surface area (Å²) < 4.78 is 4.54. The number of aromatic nitrogens is 1. The van der Waals surface area contributed by atoms with Crippen molar-refractivity contribution in [2.45, 2.75) is 18.6 Å². The lowest BCUT2D eigenvalue weighted by molar-refractivity contribution is 0.0167. The van der Waals surface area contributed by atoms with Crippen LogP contribution in [0.3, 0.4) is 0 Å². The number of halogens is 1. The summed E-state index contributed by atoms with van der Waals surface area (Å²) in [5.74, 6) is -0.435. The monoisotopic (exact) mass is 274 g/mol. The van der Waals surface area contributed by atoms with E-state index in [2.05, 4.69) is 9.72 Å². The van der Waals surface area contributed by atoms with Crippen molar-refractivity contribution in [3.63, 3.8) is 0 Å². The fourth-order valence-electron chi connectivity index (χ4n) is 1.42. The second-order valence-corrected chi connectivity index (χ2v) is 4.06. The van der Waals surface area contributed by atoms with Gasteiger partial charge in [0.05, 0.1) is 13.2 Å². The molecule has 0 aliphatic heterocycles. The summed E-state index contributed by atoms with van der Waals surface area (Å²) in [6.07, 6.45) is -0.691. The van der Waals surface area contributed by atoms with Gasteiger partial charge in [-0.2, -0.15) is 0 Å². The first-order valence-electron chi connectivity index (χ1n) is 5.27. The van der Waals surface area contributed by atoms with Gasteiger partial charge in [0.2, 0.25) is 0 Å². The molecule has 1 heterocycles. The minimum atomic E-state index is -1.18. The molecular formula is C11H15ClN2O4. The van der Waals surface area contributed by atoms with E-state index >= 15 is 0 Å². The highest BCUT2D eigenvalue weighted by molar-refractivity contribution is 6.17. The SMILES string of the molecule is COC(=O)c1cc(C(O)C(O)CCCl)cnc1N. The number of carbonyl (C=O) groups excluding carboxylic acids is 1. The topological polar surface area (TPSA) is 106 Å². The number of aliphatic hydroxyl groups excluding tert-OH is 2. The van der Waals surface area contributed by atoms with E-state index < -0.39 is 18.2 Å². The molecular weight excluding hydrogens is 260 g/mol. The molecule has 0 saturated heterocycles. The van der Waals surface area contributed by atoms with Crippen LogP contribution in [0.15, 0.2) is 12.3 Å². The van der Waals surface area contributed by atoms with E-state index in [0.29, 0.717) is 0 Å². The Bertz CT molecular complexity index is 428. The van der Waals surface area contributed by atoms with Gasteiger partial charge < -0.3 is 20.7 Å². The molecule has 0 radical (unpaired) electrons. The van der Waals surface area contributed by atoms with Crippen molar-refractivity contribution in [3.8, 4) is 0 Å². The van der Waals surface area contributed by atoms with Crippen molar-refractivity contribution >= 4 is 23.4 Å². The van der Waals surface area contributed by atoms with Gasteiger partial charge in [-0.3, -0.25) is 0 Å². The van der Waals surface area contributed by atoms with E-state index in [1.807, 2.05) is 0 Å². The van der Waals surface area contributed by atoms with Gasteiger partial charge in [-0.1, -0.05) is 0 Å². The van der Waals surface area contributed by atoms with E-state index in [4.69, 9.17) is 17.3 Å². The second-order valence-electron chi connectivity index (χ2n) is 3.68. The number of hydrogen-bond donors (Lipinski definition) is 3. The average Bonchev–Trinajstić information content (AvgIpc) is 2.38. The summed E-state index contributed by atoms with van der Waals surface area (Å²) in [5.41, 5.74) is 5.85. The molecule has 0 aliphatic rings. The molecule has 4 N–H and O–H groups in total.